The SMILES string of the molecule is Cc1cc(C(=O)OC(c2ccccc2)c2ccccn2)cc(S(=O)(=O)N(C)C)c1C. The Balaban J connectivity index is 2.02. The van der Waals surface area contributed by atoms with E-state index in [2.05, 4.69) is 4.98 Å². The molecule has 0 saturated carbocycles. The van der Waals surface area contributed by atoms with Crippen LogP contribution in [0, 0.1) is 13.8 Å². The number of aryl methyl sites for hydroxylation is 1. The number of carbonyl (C=O) groups is 1. The minimum Gasteiger partial charge on any atom is -0.447 e. The highest BCUT2D eigenvalue weighted by atomic mass is 32.2. The van der Waals surface area contributed by atoms with Crippen molar-refractivity contribution in [2.45, 2.75) is 24.8 Å². The van der Waals surface area contributed by atoms with Gasteiger partial charge in [-0.3, -0.25) is 4.98 Å². The van der Waals surface area contributed by atoms with E-state index in [0.717, 1.165) is 9.87 Å². The van der Waals surface area contributed by atoms with Crippen LogP contribution in [0.25, 0.3) is 0 Å². The summed E-state index contributed by atoms with van der Waals surface area (Å²) < 4.78 is 32.4. The monoisotopic (exact) mass is 424 g/mol. The summed E-state index contributed by atoms with van der Waals surface area (Å²) in [5, 5.41) is 0. The summed E-state index contributed by atoms with van der Waals surface area (Å²) in [6.07, 6.45) is 0.923. The lowest BCUT2D eigenvalue weighted by Gasteiger charge is -2.20. The molecule has 30 heavy (non-hydrogen) atoms. The molecule has 1 atom stereocenters. The number of hydrogen-bond donors (Lipinski definition) is 0. The number of benzene rings is 2. The summed E-state index contributed by atoms with van der Waals surface area (Å²) in [6, 6.07) is 17.7. The van der Waals surface area contributed by atoms with E-state index in [1.165, 1.54) is 20.2 Å². The second-order valence-electron chi connectivity index (χ2n) is 7.15. The number of sulfonamides is 1. The Morgan fingerprint density at radius 3 is 2.27 bits per heavy atom. The van der Waals surface area contributed by atoms with Gasteiger partial charge in [-0.25, -0.2) is 17.5 Å². The highest BCUT2D eigenvalue weighted by Gasteiger charge is 2.26. The van der Waals surface area contributed by atoms with Gasteiger partial charge in [0.15, 0.2) is 6.10 Å². The van der Waals surface area contributed by atoms with Crippen LogP contribution in [0.3, 0.4) is 0 Å². The largest absolute Gasteiger partial charge is 0.447 e. The van der Waals surface area contributed by atoms with E-state index in [0.29, 0.717) is 16.8 Å². The number of rotatable bonds is 6. The molecule has 0 amide bonds. The maximum Gasteiger partial charge on any atom is 0.339 e. The van der Waals surface area contributed by atoms with Crippen molar-refractivity contribution in [2.24, 2.45) is 0 Å². The molecule has 0 spiro atoms. The van der Waals surface area contributed by atoms with E-state index in [-0.39, 0.29) is 10.5 Å². The van der Waals surface area contributed by atoms with Gasteiger partial charge in [0.05, 0.1) is 16.2 Å². The number of nitrogens with zero attached hydrogens (tertiary/aromatic N) is 2. The fourth-order valence-electron chi connectivity index (χ4n) is 3.04. The molecule has 0 aliphatic carbocycles. The molecule has 0 aliphatic heterocycles. The smallest absolute Gasteiger partial charge is 0.339 e. The van der Waals surface area contributed by atoms with Gasteiger partial charge in [0.25, 0.3) is 0 Å². The number of hydrogen-bond acceptors (Lipinski definition) is 5. The average molecular weight is 425 g/mol. The van der Waals surface area contributed by atoms with Crippen LogP contribution in [0.5, 0.6) is 0 Å². The van der Waals surface area contributed by atoms with Crippen LogP contribution in [-0.4, -0.2) is 37.8 Å². The molecule has 0 saturated heterocycles. The van der Waals surface area contributed by atoms with Gasteiger partial charge >= 0.3 is 5.97 Å². The zero-order valence-corrected chi connectivity index (χ0v) is 18.2. The zero-order chi connectivity index (χ0) is 21.9. The third kappa shape index (κ3) is 4.42. The first-order valence-corrected chi connectivity index (χ1v) is 10.9. The standard InChI is InChI=1S/C23H24N2O4S/c1-16-14-19(15-21(17(16)2)30(27,28)25(3)4)23(26)29-22(18-10-6-5-7-11-18)20-12-8-9-13-24-20/h5-15,22H,1-4H3. The molecule has 0 radical (unpaired) electrons. The Bertz CT molecular complexity index is 1110. The summed E-state index contributed by atoms with van der Waals surface area (Å²) >= 11 is 0. The van der Waals surface area contributed by atoms with E-state index in [4.69, 9.17) is 4.74 Å². The summed E-state index contributed by atoms with van der Waals surface area (Å²) in [4.78, 5) is 17.5. The van der Waals surface area contributed by atoms with Gasteiger partial charge in [0, 0.05) is 20.3 Å². The predicted octanol–water partition coefficient (Wildman–Crippen LogP) is 3.90. The summed E-state index contributed by atoms with van der Waals surface area (Å²) in [6.45, 7) is 3.50. The lowest BCUT2D eigenvalue weighted by Crippen LogP contribution is -2.24. The average Bonchev–Trinajstić information content (AvgIpc) is 2.74. The molecule has 1 unspecified atom stereocenters. The van der Waals surface area contributed by atoms with Gasteiger partial charge in [-0.1, -0.05) is 36.4 Å². The van der Waals surface area contributed by atoms with Crippen LogP contribution < -0.4 is 0 Å². The number of ether oxygens (including phenoxy) is 1. The fraction of sp³-hybridized carbons (Fsp3) is 0.217. The van der Waals surface area contributed by atoms with Crippen molar-refractivity contribution >= 4 is 16.0 Å². The van der Waals surface area contributed by atoms with Crippen molar-refractivity contribution in [3.8, 4) is 0 Å². The lowest BCUT2D eigenvalue weighted by molar-refractivity contribution is 0.0370. The molecule has 0 aliphatic rings. The Kier molecular flexibility index (Phi) is 6.34. The van der Waals surface area contributed by atoms with Crippen molar-refractivity contribution in [2.75, 3.05) is 14.1 Å². The van der Waals surface area contributed by atoms with E-state index in [1.807, 2.05) is 36.4 Å². The van der Waals surface area contributed by atoms with Crippen LogP contribution in [0.2, 0.25) is 0 Å². The topological polar surface area (TPSA) is 76.6 Å². The van der Waals surface area contributed by atoms with Crippen molar-refractivity contribution < 1.29 is 17.9 Å². The van der Waals surface area contributed by atoms with Crippen LogP contribution in [-0.2, 0) is 14.8 Å². The van der Waals surface area contributed by atoms with Gasteiger partial charge in [-0.15, -0.1) is 0 Å². The van der Waals surface area contributed by atoms with Crippen molar-refractivity contribution in [1.82, 2.24) is 9.29 Å². The Morgan fingerprint density at radius 1 is 1.00 bits per heavy atom. The molecular formula is C23H24N2O4S. The molecule has 1 heterocycles. The second kappa shape index (κ2) is 8.77. The van der Waals surface area contributed by atoms with Crippen molar-refractivity contribution in [1.29, 1.82) is 0 Å². The predicted molar refractivity (Wildman–Crippen MR) is 115 cm³/mol. The molecule has 3 aromatic rings. The second-order valence-corrected chi connectivity index (χ2v) is 9.27. The molecule has 6 nitrogen and oxygen atoms in total. The van der Waals surface area contributed by atoms with E-state index < -0.39 is 22.1 Å². The molecule has 3 rings (SSSR count). The third-order valence-electron chi connectivity index (χ3n) is 4.90. The van der Waals surface area contributed by atoms with Crippen LogP contribution in [0.15, 0.2) is 71.8 Å². The molecule has 7 heteroatoms. The Morgan fingerprint density at radius 2 is 1.67 bits per heavy atom. The highest BCUT2D eigenvalue weighted by molar-refractivity contribution is 7.89. The molecule has 0 fully saturated rings. The zero-order valence-electron chi connectivity index (χ0n) is 17.4. The molecular weight excluding hydrogens is 400 g/mol. The first-order chi connectivity index (χ1) is 14.2. The van der Waals surface area contributed by atoms with Gasteiger partial charge in [0.1, 0.15) is 0 Å². The maximum absolute atomic E-state index is 13.1. The number of carbonyl (C=O) groups excluding carboxylic acids is 1. The molecule has 2 aromatic carbocycles. The number of aromatic nitrogens is 1. The summed E-state index contributed by atoms with van der Waals surface area (Å²) in [5.41, 5.74) is 2.83. The van der Waals surface area contributed by atoms with Gasteiger partial charge in [-0.2, -0.15) is 0 Å². The molecule has 0 N–H and O–H groups in total. The third-order valence-corrected chi connectivity index (χ3v) is 6.84. The van der Waals surface area contributed by atoms with E-state index >= 15 is 0 Å². The normalized spacial score (nSPS) is 12.6. The first kappa shape index (κ1) is 21.7. The van der Waals surface area contributed by atoms with E-state index in [1.54, 1.807) is 38.2 Å². The number of pyridine rings is 1. The Labute approximate surface area is 177 Å². The molecule has 0 bridgehead atoms. The molecule has 1 aromatic heterocycles. The fourth-order valence-corrected chi connectivity index (χ4v) is 4.26. The molecule has 156 valence electrons. The lowest BCUT2D eigenvalue weighted by atomic mass is 10.0. The van der Waals surface area contributed by atoms with Gasteiger partial charge in [-0.05, 0) is 54.8 Å². The van der Waals surface area contributed by atoms with Crippen molar-refractivity contribution in [3.05, 3.63) is 94.8 Å². The van der Waals surface area contributed by atoms with Crippen LogP contribution >= 0.6 is 0 Å². The maximum atomic E-state index is 13.1. The highest BCUT2D eigenvalue weighted by Crippen LogP contribution is 2.28. The Hall–Kier alpha value is -3.03. The first-order valence-electron chi connectivity index (χ1n) is 9.42. The van der Waals surface area contributed by atoms with Crippen LogP contribution in [0.1, 0.15) is 38.8 Å². The minimum absolute atomic E-state index is 0.0912. The van der Waals surface area contributed by atoms with E-state index in [9.17, 15) is 13.2 Å². The van der Waals surface area contributed by atoms with Gasteiger partial charge < -0.3 is 4.74 Å². The quantitative estimate of drug-likeness (QED) is 0.561. The van der Waals surface area contributed by atoms with Crippen molar-refractivity contribution in [3.63, 3.8) is 0 Å². The minimum atomic E-state index is -3.71. The van der Waals surface area contributed by atoms with Crippen LogP contribution in [0.4, 0.5) is 0 Å². The summed E-state index contributed by atoms with van der Waals surface area (Å²) in [5.74, 6) is -0.618. The number of esters is 1. The van der Waals surface area contributed by atoms with Gasteiger partial charge in [0.2, 0.25) is 10.0 Å². The summed E-state index contributed by atoms with van der Waals surface area (Å²) in [7, 11) is -0.786.